The first-order valence-electron chi connectivity index (χ1n) is 6.06. The Hall–Kier alpha value is -2.07. The lowest BCUT2D eigenvalue weighted by Crippen LogP contribution is -2.33. The van der Waals surface area contributed by atoms with E-state index in [0.717, 1.165) is 19.0 Å². The van der Waals surface area contributed by atoms with Crippen molar-refractivity contribution in [2.45, 2.75) is 6.61 Å². The molecule has 0 unspecified atom stereocenters. The molecule has 92 valence electrons. The predicted octanol–water partition coefficient (Wildman–Crippen LogP) is 1.82. The van der Waals surface area contributed by atoms with Gasteiger partial charge in [0.15, 0.2) is 0 Å². The highest BCUT2D eigenvalue weighted by Crippen LogP contribution is 2.18. The molecule has 0 aromatic heterocycles. The summed E-state index contributed by atoms with van der Waals surface area (Å²) in [6.45, 7) is 2.20. The van der Waals surface area contributed by atoms with Crippen molar-refractivity contribution in [3.8, 4) is 0 Å². The van der Waals surface area contributed by atoms with Crippen molar-refractivity contribution in [3.05, 3.63) is 48.0 Å². The molecule has 4 nitrogen and oxygen atoms in total. The molecule has 0 spiro atoms. The lowest BCUT2D eigenvalue weighted by atomic mass is 10.1. The lowest BCUT2D eigenvalue weighted by molar-refractivity contribution is 0.0701. The molecule has 0 bridgehead atoms. The van der Waals surface area contributed by atoms with Gasteiger partial charge in [0.25, 0.3) is 0 Å². The monoisotopic (exact) mass is 241 g/mol. The van der Waals surface area contributed by atoms with Crippen LogP contribution < -0.4 is 10.8 Å². The van der Waals surface area contributed by atoms with Gasteiger partial charge in [-0.3, -0.25) is 4.84 Å². The number of guanidine groups is 1. The van der Waals surface area contributed by atoms with Crippen molar-refractivity contribution in [3.63, 3.8) is 0 Å². The molecule has 0 saturated carbocycles. The Morgan fingerprint density at radius 2 is 2.06 bits per heavy atom. The maximum absolute atomic E-state index is 5.47. The summed E-state index contributed by atoms with van der Waals surface area (Å²) in [4.78, 5) is 9.67. The van der Waals surface area contributed by atoms with Crippen LogP contribution in [-0.4, -0.2) is 19.0 Å². The fourth-order valence-corrected chi connectivity index (χ4v) is 2.07. The van der Waals surface area contributed by atoms with Gasteiger partial charge in [0, 0.05) is 6.54 Å². The summed E-state index contributed by atoms with van der Waals surface area (Å²) >= 11 is 0. The highest BCUT2D eigenvalue weighted by atomic mass is 16.6. The predicted molar refractivity (Wildman–Crippen MR) is 72.2 cm³/mol. The first-order chi connectivity index (χ1) is 8.93. The minimum Gasteiger partial charge on any atom is -0.353 e. The second-order valence-corrected chi connectivity index (χ2v) is 4.19. The van der Waals surface area contributed by atoms with E-state index >= 15 is 0 Å². The average molecular weight is 241 g/mol. The minimum absolute atomic E-state index is 0.516. The van der Waals surface area contributed by atoms with Crippen molar-refractivity contribution < 1.29 is 4.84 Å². The molecule has 0 saturated heterocycles. The Labute approximate surface area is 106 Å². The molecule has 18 heavy (non-hydrogen) atoms. The van der Waals surface area contributed by atoms with Crippen LogP contribution >= 0.6 is 0 Å². The van der Waals surface area contributed by atoms with Crippen LogP contribution in [0.2, 0.25) is 0 Å². The molecule has 1 aliphatic rings. The second-order valence-electron chi connectivity index (χ2n) is 4.19. The van der Waals surface area contributed by atoms with Crippen molar-refractivity contribution >= 4 is 16.7 Å². The number of aliphatic imine (C=N–C) groups is 1. The Balaban J connectivity index is 1.70. The van der Waals surface area contributed by atoms with E-state index in [1.807, 2.05) is 18.2 Å². The summed E-state index contributed by atoms with van der Waals surface area (Å²) in [6.07, 6.45) is 0. The SMILES string of the molecule is c1ccc2c(CONC3=NCCN3)cccc2c1. The number of rotatable bonds is 3. The summed E-state index contributed by atoms with van der Waals surface area (Å²) < 4.78 is 0. The van der Waals surface area contributed by atoms with Gasteiger partial charge in [-0.15, -0.1) is 0 Å². The molecule has 1 heterocycles. The van der Waals surface area contributed by atoms with Crippen molar-refractivity contribution in [2.24, 2.45) is 4.99 Å². The van der Waals surface area contributed by atoms with Crippen LogP contribution in [0, 0.1) is 0 Å². The highest BCUT2D eigenvalue weighted by molar-refractivity contribution is 5.85. The molecular formula is C14H15N3O. The van der Waals surface area contributed by atoms with Crippen LogP contribution in [0.15, 0.2) is 47.5 Å². The largest absolute Gasteiger partial charge is 0.353 e. The molecule has 0 radical (unpaired) electrons. The standard InChI is InChI=1S/C14H15N3O/c1-2-7-13-11(4-1)5-3-6-12(13)10-18-17-14-15-8-9-16-14/h1-7H,8-10H2,(H2,15,16,17). The number of hydrogen-bond acceptors (Lipinski definition) is 4. The Morgan fingerprint density at radius 1 is 1.17 bits per heavy atom. The van der Waals surface area contributed by atoms with Gasteiger partial charge in [-0.05, 0) is 16.3 Å². The summed E-state index contributed by atoms with van der Waals surface area (Å²) in [7, 11) is 0. The highest BCUT2D eigenvalue weighted by Gasteiger charge is 2.05. The van der Waals surface area contributed by atoms with E-state index in [-0.39, 0.29) is 0 Å². The van der Waals surface area contributed by atoms with E-state index in [9.17, 15) is 0 Å². The van der Waals surface area contributed by atoms with E-state index in [1.165, 1.54) is 16.3 Å². The molecule has 0 fully saturated rings. The topological polar surface area (TPSA) is 45.6 Å². The molecule has 0 amide bonds. The number of nitrogens with one attached hydrogen (secondary N) is 2. The van der Waals surface area contributed by atoms with E-state index in [1.54, 1.807) is 0 Å². The maximum Gasteiger partial charge on any atom is 0.215 e. The van der Waals surface area contributed by atoms with Crippen LogP contribution in [-0.2, 0) is 11.4 Å². The Kier molecular flexibility index (Phi) is 3.10. The van der Waals surface area contributed by atoms with Gasteiger partial charge >= 0.3 is 0 Å². The van der Waals surface area contributed by atoms with Gasteiger partial charge in [0.1, 0.15) is 6.61 Å². The molecule has 0 aliphatic carbocycles. The molecule has 4 heteroatoms. The zero-order valence-corrected chi connectivity index (χ0v) is 10.0. The van der Waals surface area contributed by atoms with E-state index < -0.39 is 0 Å². The number of hydrogen-bond donors (Lipinski definition) is 2. The summed E-state index contributed by atoms with van der Waals surface area (Å²) in [5, 5.41) is 5.55. The van der Waals surface area contributed by atoms with Crippen molar-refractivity contribution in [1.29, 1.82) is 0 Å². The van der Waals surface area contributed by atoms with Crippen LogP contribution in [0.4, 0.5) is 0 Å². The molecule has 2 aromatic rings. The van der Waals surface area contributed by atoms with Crippen LogP contribution in [0.5, 0.6) is 0 Å². The zero-order chi connectivity index (χ0) is 12.2. The zero-order valence-electron chi connectivity index (χ0n) is 10.0. The Morgan fingerprint density at radius 3 is 2.94 bits per heavy atom. The van der Waals surface area contributed by atoms with Crippen LogP contribution in [0.3, 0.4) is 0 Å². The van der Waals surface area contributed by atoms with Gasteiger partial charge in [0.05, 0.1) is 6.54 Å². The minimum atomic E-state index is 0.516. The molecular weight excluding hydrogens is 226 g/mol. The van der Waals surface area contributed by atoms with Crippen LogP contribution in [0.25, 0.3) is 10.8 Å². The molecule has 0 atom stereocenters. The van der Waals surface area contributed by atoms with E-state index in [2.05, 4.69) is 40.1 Å². The van der Waals surface area contributed by atoms with Gasteiger partial charge < -0.3 is 5.32 Å². The fourth-order valence-electron chi connectivity index (χ4n) is 2.07. The molecule has 2 N–H and O–H groups in total. The Bertz CT molecular complexity index is 575. The molecule has 3 rings (SSSR count). The number of benzene rings is 2. The molecule has 1 aliphatic heterocycles. The maximum atomic E-state index is 5.47. The summed E-state index contributed by atoms with van der Waals surface area (Å²) in [6, 6.07) is 14.5. The summed E-state index contributed by atoms with van der Waals surface area (Å²) in [5.74, 6) is 0.718. The van der Waals surface area contributed by atoms with Gasteiger partial charge in [-0.2, -0.15) is 0 Å². The lowest BCUT2D eigenvalue weighted by Gasteiger charge is -2.09. The van der Waals surface area contributed by atoms with Crippen molar-refractivity contribution in [2.75, 3.05) is 13.1 Å². The number of fused-ring (bicyclic) bond motifs is 1. The number of hydroxylamine groups is 1. The first-order valence-corrected chi connectivity index (χ1v) is 6.06. The van der Waals surface area contributed by atoms with Crippen molar-refractivity contribution in [1.82, 2.24) is 10.8 Å². The smallest absolute Gasteiger partial charge is 0.215 e. The normalized spacial score (nSPS) is 14.3. The first kappa shape index (κ1) is 11.0. The van der Waals surface area contributed by atoms with Gasteiger partial charge in [-0.1, -0.05) is 42.5 Å². The second kappa shape index (κ2) is 5.06. The van der Waals surface area contributed by atoms with Gasteiger partial charge in [0.2, 0.25) is 5.96 Å². The third kappa shape index (κ3) is 2.28. The quantitative estimate of drug-likeness (QED) is 0.806. The van der Waals surface area contributed by atoms with E-state index in [0.29, 0.717) is 6.61 Å². The fraction of sp³-hybridized carbons (Fsp3) is 0.214. The summed E-state index contributed by atoms with van der Waals surface area (Å²) in [5.41, 5.74) is 4.00. The van der Waals surface area contributed by atoms with Gasteiger partial charge in [-0.25, -0.2) is 10.5 Å². The van der Waals surface area contributed by atoms with Crippen LogP contribution in [0.1, 0.15) is 5.56 Å². The average Bonchev–Trinajstić information content (AvgIpc) is 2.92. The number of nitrogens with zero attached hydrogens (tertiary/aromatic N) is 1. The third-order valence-electron chi connectivity index (χ3n) is 2.95. The molecule has 2 aromatic carbocycles. The van der Waals surface area contributed by atoms with E-state index in [4.69, 9.17) is 4.84 Å². The third-order valence-corrected chi connectivity index (χ3v) is 2.95.